The fourth-order valence-corrected chi connectivity index (χ4v) is 4.25. The molecule has 1 aliphatic heterocycles. The maximum atomic E-state index is 12.6. The van der Waals surface area contributed by atoms with Crippen molar-refractivity contribution in [1.29, 1.82) is 0 Å². The third-order valence-corrected chi connectivity index (χ3v) is 6.02. The van der Waals surface area contributed by atoms with Crippen molar-refractivity contribution in [2.75, 3.05) is 25.0 Å². The van der Waals surface area contributed by atoms with Crippen LogP contribution in [0.15, 0.2) is 36.6 Å². The van der Waals surface area contributed by atoms with Crippen molar-refractivity contribution < 1.29 is 27.8 Å². The van der Waals surface area contributed by atoms with Crippen molar-refractivity contribution in [1.82, 2.24) is 19.5 Å². The lowest BCUT2D eigenvalue weighted by atomic mass is 9.95. The maximum Gasteiger partial charge on any atom is 0.523 e. The molecule has 0 spiro atoms. The fourth-order valence-electron chi connectivity index (χ4n) is 4.25. The Kier molecular flexibility index (Phi) is 6.68. The van der Waals surface area contributed by atoms with Gasteiger partial charge in [-0.3, -0.25) is 9.53 Å². The van der Waals surface area contributed by atoms with Crippen molar-refractivity contribution in [2.45, 2.75) is 51.2 Å². The van der Waals surface area contributed by atoms with Crippen molar-refractivity contribution in [3.8, 4) is 0 Å². The van der Waals surface area contributed by atoms with Gasteiger partial charge in [-0.05, 0) is 50.3 Å². The van der Waals surface area contributed by atoms with Crippen LogP contribution in [-0.2, 0) is 9.53 Å². The predicted octanol–water partition coefficient (Wildman–Crippen LogP) is 3.40. The third kappa shape index (κ3) is 5.76. The molecule has 2 aliphatic rings. The molecule has 0 bridgehead atoms. The monoisotopic (exact) mass is 479 g/mol. The third-order valence-electron chi connectivity index (χ3n) is 6.02. The highest BCUT2D eigenvalue weighted by atomic mass is 19.4. The summed E-state index contributed by atoms with van der Waals surface area (Å²) in [5.41, 5.74) is 0.479. The number of amides is 1. The number of rotatable bonds is 6. The van der Waals surface area contributed by atoms with Gasteiger partial charge in [0.1, 0.15) is 11.4 Å². The number of ether oxygens (including phenoxy) is 1. The average molecular weight is 480 g/mol. The molecule has 2 aromatic rings. The van der Waals surface area contributed by atoms with Crippen LogP contribution in [0.1, 0.15) is 38.8 Å². The largest absolute Gasteiger partial charge is 0.523 e. The summed E-state index contributed by atoms with van der Waals surface area (Å²) in [6.07, 6.45) is 2.14. The van der Waals surface area contributed by atoms with Crippen LogP contribution in [-0.4, -0.2) is 68.2 Å². The number of likely N-dealkylation sites (tertiary alicyclic amines) is 1. The molecule has 8 nitrogen and oxygen atoms in total. The van der Waals surface area contributed by atoms with Crippen molar-refractivity contribution in [3.63, 3.8) is 0 Å². The van der Waals surface area contributed by atoms with Crippen LogP contribution in [0.25, 0.3) is 11.2 Å². The zero-order valence-corrected chi connectivity index (χ0v) is 19.0. The zero-order valence-electron chi connectivity index (χ0n) is 19.0. The molecule has 0 aromatic carbocycles. The second-order valence-corrected chi connectivity index (χ2v) is 9.19. The summed E-state index contributed by atoms with van der Waals surface area (Å²) < 4.78 is 43.6. The SMILES string of the molecule is CC(C)(O)C(=O)N1CCC(CNc2ccc3ncc(C4=CC=CC(OC(F)(F)F)C4)n3n2)CC1. The van der Waals surface area contributed by atoms with E-state index in [0.29, 0.717) is 48.3 Å². The number of nitrogens with one attached hydrogen (secondary N) is 1. The molecule has 1 unspecified atom stereocenters. The number of carbonyl (C=O) groups is 1. The first-order valence-corrected chi connectivity index (χ1v) is 11.2. The first kappa shape index (κ1) is 24.2. The van der Waals surface area contributed by atoms with Crippen LogP contribution >= 0.6 is 0 Å². The van der Waals surface area contributed by atoms with Crippen LogP contribution in [0.4, 0.5) is 19.0 Å². The molecule has 11 heteroatoms. The molecule has 0 saturated carbocycles. The molecule has 34 heavy (non-hydrogen) atoms. The molecule has 1 atom stereocenters. The molecule has 0 radical (unpaired) electrons. The highest BCUT2D eigenvalue weighted by Gasteiger charge is 2.34. The smallest absolute Gasteiger partial charge is 0.381 e. The molecule has 3 heterocycles. The molecule has 1 fully saturated rings. The minimum atomic E-state index is -4.70. The number of piperidine rings is 1. The number of carbonyl (C=O) groups excluding carboxylic acids is 1. The average Bonchev–Trinajstić information content (AvgIpc) is 3.19. The van der Waals surface area contributed by atoms with Gasteiger partial charge in [0.05, 0.1) is 18.0 Å². The summed E-state index contributed by atoms with van der Waals surface area (Å²) in [7, 11) is 0. The summed E-state index contributed by atoms with van der Waals surface area (Å²) >= 11 is 0. The maximum absolute atomic E-state index is 12.6. The summed E-state index contributed by atoms with van der Waals surface area (Å²) in [4.78, 5) is 18.2. The topological polar surface area (TPSA) is 92.0 Å². The number of fused-ring (bicyclic) bond motifs is 1. The number of hydrogen-bond acceptors (Lipinski definition) is 6. The minimum Gasteiger partial charge on any atom is -0.381 e. The summed E-state index contributed by atoms with van der Waals surface area (Å²) in [5, 5.41) is 17.8. The van der Waals surface area contributed by atoms with Gasteiger partial charge in [0.2, 0.25) is 0 Å². The molecular formula is C23H28F3N5O3. The summed E-state index contributed by atoms with van der Waals surface area (Å²) in [5.74, 6) is 0.710. The highest BCUT2D eigenvalue weighted by Crippen LogP contribution is 2.30. The standard InChI is InChI=1S/C23H28F3N5O3/c1-22(2,33)21(32)30-10-8-15(9-11-30)13-27-19-6-7-20-28-14-18(31(20)29-19)16-4-3-5-17(12-16)34-23(24,25)26/h3-7,14-15,17,33H,8-13H2,1-2H3,(H,27,29). The molecule has 4 rings (SSSR count). The van der Waals surface area contributed by atoms with Crippen LogP contribution in [0.3, 0.4) is 0 Å². The van der Waals surface area contributed by atoms with Crippen molar-refractivity contribution in [2.24, 2.45) is 5.92 Å². The van der Waals surface area contributed by atoms with Gasteiger partial charge in [0.25, 0.3) is 5.91 Å². The molecular weight excluding hydrogens is 451 g/mol. The van der Waals surface area contributed by atoms with E-state index in [2.05, 4.69) is 20.1 Å². The van der Waals surface area contributed by atoms with E-state index in [-0.39, 0.29) is 12.3 Å². The number of allylic oxidation sites excluding steroid dienone is 2. The lowest BCUT2D eigenvalue weighted by Crippen LogP contribution is -2.48. The Hall–Kier alpha value is -2.92. The Labute approximate surface area is 195 Å². The fraction of sp³-hybridized carbons (Fsp3) is 0.522. The van der Waals surface area contributed by atoms with Gasteiger partial charge in [0.15, 0.2) is 5.65 Å². The van der Waals surface area contributed by atoms with Gasteiger partial charge < -0.3 is 15.3 Å². The second kappa shape index (κ2) is 9.38. The number of anilines is 1. The quantitative estimate of drug-likeness (QED) is 0.660. The highest BCUT2D eigenvalue weighted by molar-refractivity contribution is 5.84. The Morgan fingerprint density at radius 2 is 2.00 bits per heavy atom. The van der Waals surface area contributed by atoms with Gasteiger partial charge in [-0.2, -0.15) is 0 Å². The van der Waals surface area contributed by atoms with Gasteiger partial charge in [-0.25, -0.2) is 9.50 Å². The summed E-state index contributed by atoms with van der Waals surface area (Å²) in [6.45, 7) is 4.85. The van der Waals surface area contributed by atoms with E-state index in [1.54, 1.807) is 33.8 Å². The molecule has 2 N–H and O–H groups in total. The van der Waals surface area contributed by atoms with E-state index in [1.165, 1.54) is 19.9 Å². The first-order valence-electron chi connectivity index (χ1n) is 11.2. The van der Waals surface area contributed by atoms with Crippen molar-refractivity contribution in [3.05, 3.63) is 42.3 Å². The van der Waals surface area contributed by atoms with E-state index in [4.69, 9.17) is 0 Å². The number of aromatic nitrogens is 3. The lowest BCUT2D eigenvalue weighted by molar-refractivity contribution is -0.335. The molecule has 1 amide bonds. The number of alkyl halides is 3. The predicted molar refractivity (Wildman–Crippen MR) is 120 cm³/mol. The Balaban J connectivity index is 1.38. The first-order chi connectivity index (χ1) is 16.0. The Morgan fingerprint density at radius 3 is 2.68 bits per heavy atom. The number of aliphatic hydroxyl groups is 1. The van der Waals surface area contributed by atoms with E-state index in [1.807, 2.05) is 6.07 Å². The zero-order chi connectivity index (χ0) is 24.5. The Bertz CT molecular complexity index is 1100. The molecule has 1 saturated heterocycles. The summed E-state index contributed by atoms with van der Waals surface area (Å²) in [6, 6.07) is 3.61. The van der Waals surface area contributed by atoms with Gasteiger partial charge >= 0.3 is 6.36 Å². The van der Waals surface area contributed by atoms with E-state index in [9.17, 15) is 23.1 Å². The van der Waals surface area contributed by atoms with Crippen LogP contribution in [0.5, 0.6) is 0 Å². The molecule has 2 aromatic heterocycles. The van der Waals surface area contributed by atoms with E-state index < -0.39 is 18.1 Å². The lowest BCUT2D eigenvalue weighted by Gasteiger charge is -2.35. The normalized spacial score (nSPS) is 20.0. The van der Waals surface area contributed by atoms with Gasteiger partial charge in [-0.1, -0.05) is 18.2 Å². The molecule has 184 valence electrons. The number of nitrogens with zero attached hydrogens (tertiary/aromatic N) is 4. The van der Waals surface area contributed by atoms with Crippen LogP contribution < -0.4 is 5.32 Å². The Morgan fingerprint density at radius 1 is 1.26 bits per heavy atom. The van der Waals surface area contributed by atoms with E-state index in [0.717, 1.165) is 12.8 Å². The second-order valence-electron chi connectivity index (χ2n) is 9.19. The minimum absolute atomic E-state index is 0.0606. The van der Waals surface area contributed by atoms with E-state index >= 15 is 0 Å². The van der Waals surface area contributed by atoms with Crippen LogP contribution in [0.2, 0.25) is 0 Å². The van der Waals surface area contributed by atoms with Gasteiger partial charge in [0, 0.05) is 26.1 Å². The molecule has 1 aliphatic carbocycles. The van der Waals surface area contributed by atoms with Crippen LogP contribution in [0, 0.1) is 5.92 Å². The number of hydrogen-bond donors (Lipinski definition) is 2. The van der Waals surface area contributed by atoms with Gasteiger partial charge in [-0.15, -0.1) is 18.3 Å². The number of imidazole rings is 1. The number of halogens is 3. The van der Waals surface area contributed by atoms with Crippen molar-refractivity contribution >= 4 is 22.9 Å².